The lowest BCUT2D eigenvalue weighted by Gasteiger charge is -2.34. The van der Waals surface area contributed by atoms with Gasteiger partial charge in [0.1, 0.15) is 0 Å². The first-order valence-electron chi connectivity index (χ1n) is 21.8. The number of unbranched alkanes of at least 4 members (excludes halogenated alkanes) is 18. The third-order valence-corrected chi connectivity index (χ3v) is 11.1. The first kappa shape index (κ1) is 44.0. The molecule has 3 heteroatoms. The average molecular weight is 682 g/mol. The number of nitrogens with zero attached hydrogens (tertiary/aromatic N) is 1. The first-order chi connectivity index (χ1) is 24.1. The van der Waals surface area contributed by atoms with Gasteiger partial charge < -0.3 is 14.4 Å². The van der Waals surface area contributed by atoms with Crippen LogP contribution >= 0.6 is 0 Å². The maximum absolute atomic E-state index is 6.95. The maximum atomic E-state index is 6.95. The van der Waals surface area contributed by atoms with Gasteiger partial charge in [0.15, 0.2) is 5.79 Å². The molecule has 1 heterocycles. The summed E-state index contributed by atoms with van der Waals surface area (Å²) in [4.78, 5) is 2.52. The molecule has 0 unspecified atom stereocenters. The molecule has 2 rings (SSSR count). The summed E-state index contributed by atoms with van der Waals surface area (Å²) in [7, 11) is 2.28. The summed E-state index contributed by atoms with van der Waals surface area (Å²) in [6.45, 7) is 7.94. The van der Waals surface area contributed by atoms with Crippen molar-refractivity contribution in [3.63, 3.8) is 0 Å². The van der Waals surface area contributed by atoms with Gasteiger partial charge in [0.25, 0.3) is 0 Å². The SMILES string of the molecule is CCCCC/C=C\C/C=C\CCCCCCCCC1(CCCCCCCC/C=C\C/C=C\CCCCC)O[C@H]2C[C@@H](N(C)CC)CC[C@H]2O1. The Morgan fingerprint density at radius 1 is 0.490 bits per heavy atom. The Hall–Kier alpha value is -1.16. The summed E-state index contributed by atoms with van der Waals surface area (Å²) >= 11 is 0. The Balaban J connectivity index is 1.61. The van der Waals surface area contributed by atoms with E-state index in [1.165, 1.54) is 148 Å². The third kappa shape index (κ3) is 21.7. The van der Waals surface area contributed by atoms with E-state index in [1.54, 1.807) is 0 Å². The van der Waals surface area contributed by atoms with Crippen LogP contribution in [0.5, 0.6) is 0 Å². The fourth-order valence-corrected chi connectivity index (χ4v) is 7.70. The predicted octanol–water partition coefficient (Wildman–Crippen LogP) is 14.4. The largest absolute Gasteiger partial charge is 0.344 e. The van der Waals surface area contributed by atoms with Gasteiger partial charge >= 0.3 is 0 Å². The lowest BCUT2D eigenvalue weighted by molar-refractivity contribution is -0.186. The van der Waals surface area contributed by atoms with Crippen LogP contribution in [0.3, 0.4) is 0 Å². The normalized spacial score (nSPS) is 21.0. The number of hydrogen-bond donors (Lipinski definition) is 0. The van der Waals surface area contributed by atoms with Crippen molar-refractivity contribution in [1.29, 1.82) is 0 Å². The highest BCUT2D eigenvalue weighted by Gasteiger charge is 2.49. The summed E-state index contributed by atoms with van der Waals surface area (Å²) < 4.78 is 13.9. The molecule has 0 radical (unpaired) electrons. The van der Waals surface area contributed by atoms with Crippen LogP contribution in [-0.4, -0.2) is 42.5 Å². The summed E-state index contributed by atoms with van der Waals surface area (Å²) in [6.07, 6.45) is 56.3. The minimum atomic E-state index is -0.320. The van der Waals surface area contributed by atoms with Crippen LogP contribution in [0.15, 0.2) is 48.6 Å². The Bertz CT molecular complexity index is 811. The highest BCUT2D eigenvalue weighted by Crippen LogP contribution is 2.43. The predicted molar refractivity (Wildman–Crippen MR) is 216 cm³/mol. The fourth-order valence-electron chi connectivity index (χ4n) is 7.70. The molecule has 0 aromatic heterocycles. The molecule has 3 nitrogen and oxygen atoms in total. The second kappa shape index (κ2) is 30.5. The highest BCUT2D eigenvalue weighted by atomic mass is 16.8. The van der Waals surface area contributed by atoms with Crippen LogP contribution in [-0.2, 0) is 9.47 Å². The Kier molecular flexibility index (Phi) is 27.4. The molecule has 0 aromatic carbocycles. The molecular weight excluding hydrogens is 599 g/mol. The van der Waals surface area contributed by atoms with Crippen LogP contribution in [0, 0.1) is 0 Å². The number of hydrogen-bond acceptors (Lipinski definition) is 3. The van der Waals surface area contributed by atoms with Crippen molar-refractivity contribution in [2.75, 3.05) is 13.6 Å². The van der Waals surface area contributed by atoms with Crippen molar-refractivity contribution in [3.8, 4) is 0 Å². The van der Waals surface area contributed by atoms with E-state index in [0.29, 0.717) is 18.2 Å². The van der Waals surface area contributed by atoms with Crippen LogP contribution in [0.1, 0.15) is 207 Å². The van der Waals surface area contributed by atoms with Gasteiger partial charge in [-0.05, 0) is 110 Å². The van der Waals surface area contributed by atoms with E-state index in [-0.39, 0.29) is 5.79 Å². The van der Waals surface area contributed by atoms with Crippen molar-refractivity contribution in [2.24, 2.45) is 0 Å². The monoisotopic (exact) mass is 682 g/mol. The molecule has 0 spiro atoms. The topological polar surface area (TPSA) is 21.7 Å². The van der Waals surface area contributed by atoms with Crippen LogP contribution in [0.2, 0.25) is 0 Å². The molecule has 2 aliphatic rings. The van der Waals surface area contributed by atoms with Crippen molar-refractivity contribution in [3.05, 3.63) is 48.6 Å². The first-order valence-corrected chi connectivity index (χ1v) is 21.8. The molecule has 2 fully saturated rings. The maximum Gasteiger partial charge on any atom is 0.169 e. The van der Waals surface area contributed by atoms with E-state index in [1.807, 2.05) is 0 Å². The molecule has 1 aliphatic carbocycles. The van der Waals surface area contributed by atoms with E-state index in [0.717, 1.165) is 45.1 Å². The zero-order chi connectivity index (χ0) is 35.1. The minimum Gasteiger partial charge on any atom is -0.344 e. The molecule has 0 amide bonds. The number of fused-ring (bicyclic) bond motifs is 1. The summed E-state index contributed by atoms with van der Waals surface area (Å²) in [5.41, 5.74) is 0. The molecule has 0 aromatic rings. The Morgan fingerprint density at radius 3 is 1.35 bits per heavy atom. The average Bonchev–Trinajstić information content (AvgIpc) is 3.48. The molecule has 0 bridgehead atoms. The number of allylic oxidation sites excluding steroid dienone is 8. The molecule has 1 aliphatic heterocycles. The fraction of sp³-hybridized carbons (Fsp3) is 0.826. The molecular formula is C46H83NO2. The number of ether oxygens (including phenoxy) is 2. The smallest absolute Gasteiger partial charge is 0.169 e. The lowest BCUT2D eigenvalue weighted by Crippen LogP contribution is -2.42. The van der Waals surface area contributed by atoms with Gasteiger partial charge in [-0.2, -0.15) is 0 Å². The van der Waals surface area contributed by atoms with Crippen molar-refractivity contribution < 1.29 is 9.47 Å². The van der Waals surface area contributed by atoms with Gasteiger partial charge in [0.05, 0.1) is 12.2 Å². The van der Waals surface area contributed by atoms with Crippen molar-refractivity contribution in [2.45, 2.75) is 231 Å². The Morgan fingerprint density at radius 2 is 0.898 bits per heavy atom. The van der Waals surface area contributed by atoms with Crippen LogP contribution in [0.25, 0.3) is 0 Å². The number of rotatable bonds is 32. The molecule has 1 saturated carbocycles. The molecule has 0 N–H and O–H groups in total. The standard InChI is InChI=1S/C46H83NO2/c1-5-8-10-12-14-16-18-20-22-24-26-28-30-32-34-36-40-46(48-44-39-38-43(47(4)7-3)42-45(44)49-46)41-37-35-33-31-29-27-25-23-21-19-17-15-13-11-9-6-2/h14-17,20-23,43-45H,5-13,18-19,24-42H2,1-4H3/b16-14-,17-15-,22-20-,23-21-/t43-,44+,45-/m0/s1. The van der Waals surface area contributed by atoms with E-state index in [4.69, 9.17) is 9.47 Å². The lowest BCUT2D eigenvalue weighted by atomic mass is 9.90. The quantitative estimate of drug-likeness (QED) is 0.0521. The van der Waals surface area contributed by atoms with E-state index in [2.05, 4.69) is 81.3 Å². The second-order valence-corrected chi connectivity index (χ2v) is 15.4. The van der Waals surface area contributed by atoms with E-state index in [9.17, 15) is 0 Å². The zero-order valence-electron chi connectivity index (χ0n) is 33.3. The van der Waals surface area contributed by atoms with Crippen LogP contribution < -0.4 is 0 Å². The molecule has 1 saturated heterocycles. The van der Waals surface area contributed by atoms with Crippen molar-refractivity contribution >= 4 is 0 Å². The molecule has 284 valence electrons. The Labute approximate surface area is 306 Å². The van der Waals surface area contributed by atoms with E-state index >= 15 is 0 Å². The van der Waals surface area contributed by atoms with E-state index < -0.39 is 0 Å². The van der Waals surface area contributed by atoms with Crippen LogP contribution in [0.4, 0.5) is 0 Å². The highest BCUT2D eigenvalue weighted by molar-refractivity contribution is 4.95. The van der Waals surface area contributed by atoms with Crippen molar-refractivity contribution in [1.82, 2.24) is 4.90 Å². The summed E-state index contributed by atoms with van der Waals surface area (Å²) in [5.74, 6) is -0.320. The van der Waals surface area contributed by atoms with Gasteiger partial charge in [-0.1, -0.05) is 146 Å². The zero-order valence-corrected chi connectivity index (χ0v) is 33.3. The third-order valence-electron chi connectivity index (χ3n) is 11.1. The van der Waals surface area contributed by atoms with Gasteiger partial charge in [0.2, 0.25) is 0 Å². The molecule has 49 heavy (non-hydrogen) atoms. The minimum absolute atomic E-state index is 0.293. The van der Waals surface area contributed by atoms with Gasteiger partial charge in [-0.3, -0.25) is 0 Å². The van der Waals surface area contributed by atoms with Gasteiger partial charge in [-0.15, -0.1) is 0 Å². The summed E-state index contributed by atoms with van der Waals surface area (Å²) in [5, 5.41) is 0. The summed E-state index contributed by atoms with van der Waals surface area (Å²) in [6, 6.07) is 0.648. The van der Waals surface area contributed by atoms with Gasteiger partial charge in [0, 0.05) is 18.9 Å². The van der Waals surface area contributed by atoms with Gasteiger partial charge in [-0.25, -0.2) is 0 Å². The second-order valence-electron chi connectivity index (χ2n) is 15.4. The molecule has 3 atom stereocenters.